The molecule has 2 aromatic rings. The molecule has 5 nitrogen and oxygen atoms in total. The molecule has 0 spiro atoms. The third kappa shape index (κ3) is 3.05. The van der Waals surface area contributed by atoms with Crippen molar-refractivity contribution in [2.24, 2.45) is 5.84 Å². The van der Waals surface area contributed by atoms with Crippen LogP contribution in [-0.4, -0.2) is 9.97 Å². The van der Waals surface area contributed by atoms with Crippen molar-refractivity contribution in [3.05, 3.63) is 41.7 Å². The highest BCUT2D eigenvalue weighted by Crippen LogP contribution is 2.27. The maximum Gasteiger partial charge on any atom is 0.148 e. The fourth-order valence-corrected chi connectivity index (χ4v) is 1.77. The molecule has 0 saturated carbocycles. The van der Waals surface area contributed by atoms with Gasteiger partial charge in [-0.3, -0.25) is 0 Å². The van der Waals surface area contributed by atoms with Gasteiger partial charge in [0.2, 0.25) is 0 Å². The van der Waals surface area contributed by atoms with Crippen molar-refractivity contribution in [1.29, 1.82) is 0 Å². The molecule has 0 bridgehead atoms. The van der Waals surface area contributed by atoms with Crippen molar-refractivity contribution in [1.82, 2.24) is 9.97 Å². The van der Waals surface area contributed by atoms with E-state index in [1.165, 1.54) is 0 Å². The summed E-state index contributed by atoms with van der Waals surface area (Å²) >= 11 is 0. The van der Waals surface area contributed by atoms with Crippen LogP contribution in [-0.2, 0) is 5.41 Å². The Morgan fingerprint density at radius 3 is 2.15 bits per heavy atom. The normalized spacial score (nSPS) is 11.2. The van der Waals surface area contributed by atoms with E-state index in [4.69, 9.17) is 5.84 Å². The molecule has 0 aliphatic rings. The SMILES string of the molecule is Cc1c(NN)nc(C(C)(C)C)nc1Nc1ccccc1. The van der Waals surface area contributed by atoms with E-state index in [-0.39, 0.29) is 5.41 Å². The van der Waals surface area contributed by atoms with Crippen molar-refractivity contribution in [3.63, 3.8) is 0 Å². The van der Waals surface area contributed by atoms with Crippen molar-refractivity contribution < 1.29 is 0 Å². The molecule has 0 fully saturated rings. The van der Waals surface area contributed by atoms with E-state index < -0.39 is 0 Å². The average Bonchev–Trinajstić information content (AvgIpc) is 2.41. The lowest BCUT2D eigenvalue weighted by atomic mass is 9.95. The quantitative estimate of drug-likeness (QED) is 0.590. The number of benzene rings is 1. The lowest BCUT2D eigenvalue weighted by Crippen LogP contribution is -2.20. The Kier molecular flexibility index (Phi) is 3.90. The predicted molar refractivity (Wildman–Crippen MR) is 83.0 cm³/mol. The van der Waals surface area contributed by atoms with Gasteiger partial charge in [0.1, 0.15) is 17.5 Å². The zero-order chi connectivity index (χ0) is 14.8. The Labute approximate surface area is 119 Å². The molecule has 0 atom stereocenters. The highest BCUT2D eigenvalue weighted by molar-refractivity contribution is 5.64. The van der Waals surface area contributed by atoms with Crippen molar-refractivity contribution in [2.75, 3.05) is 10.7 Å². The van der Waals surface area contributed by atoms with Gasteiger partial charge in [-0.1, -0.05) is 39.0 Å². The predicted octanol–water partition coefficient (Wildman–Crippen LogP) is 3.11. The first-order valence-corrected chi connectivity index (χ1v) is 6.59. The fourth-order valence-electron chi connectivity index (χ4n) is 1.77. The number of hydrogen-bond donors (Lipinski definition) is 3. The highest BCUT2D eigenvalue weighted by atomic mass is 15.3. The number of nitrogen functional groups attached to an aromatic ring is 1. The molecule has 106 valence electrons. The van der Waals surface area contributed by atoms with E-state index in [1.807, 2.05) is 37.3 Å². The third-order valence-electron chi connectivity index (χ3n) is 2.99. The molecule has 4 N–H and O–H groups in total. The lowest BCUT2D eigenvalue weighted by molar-refractivity contribution is 0.546. The molecule has 5 heteroatoms. The standard InChI is InChI=1S/C15H21N5/c1-10-12(17-11-8-6-5-7-9-11)18-14(15(2,3)4)19-13(10)20-16/h5-9H,16H2,1-4H3,(H2,17,18,19,20). The molecule has 0 radical (unpaired) electrons. The molecule has 0 unspecified atom stereocenters. The molecule has 0 amide bonds. The zero-order valence-corrected chi connectivity index (χ0v) is 12.4. The Hall–Kier alpha value is -2.14. The summed E-state index contributed by atoms with van der Waals surface area (Å²) in [6, 6.07) is 9.92. The van der Waals surface area contributed by atoms with Gasteiger partial charge in [0.15, 0.2) is 0 Å². The molecule has 0 aliphatic carbocycles. The minimum absolute atomic E-state index is 0.146. The summed E-state index contributed by atoms with van der Waals surface area (Å²) in [6.07, 6.45) is 0. The zero-order valence-electron chi connectivity index (χ0n) is 12.4. The molecule has 1 aromatic carbocycles. The summed E-state index contributed by atoms with van der Waals surface area (Å²) in [6.45, 7) is 8.16. The van der Waals surface area contributed by atoms with Gasteiger partial charge in [-0.25, -0.2) is 15.8 Å². The largest absolute Gasteiger partial charge is 0.340 e. The molecule has 20 heavy (non-hydrogen) atoms. The third-order valence-corrected chi connectivity index (χ3v) is 2.99. The number of aromatic nitrogens is 2. The summed E-state index contributed by atoms with van der Waals surface area (Å²) in [5.41, 5.74) is 4.37. The van der Waals surface area contributed by atoms with Crippen LogP contribution in [0.25, 0.3) is 0 Å². The minimum atomic E-state index is -0.146. The van der Waals surface area contributed by atoms with E-state index in [1.54, 1.807) is 0 Å². The summed E-state index contributed by atoms with van der Waals surface area (Å²) in [5.74, 6) is 7.71. The van der Waals surface area contributed by atoms with Crippen LogP contribution < -0.4 is 16.6 Å². The van der Waals surface area contributed by atoms with E-state index in [0.29, 0.717) is 5.82 Å². The second-order valence-corrected chi connectivity index (χ2v) is 5.75. The number of nitrogens with one attached hydrogen (secondary N) is 2. The highest BCUT2D eigenvalue weighted by Gasteiger charge is 2.21. The smallest absolute Gasteiger partial charge is 0.148 e. The maximum atomic E-state index is 5.56. The van der Waals surface area contributed by atoms with Gasteiger partial charge < -0.3 is 10.7 Å². The Bertz CT molecular complexity index is 587. The van der Waals surface area contributed by atoms with E-state index in [2.05, 4.69) is 41.5 Å². The number of rotatable bonds is 3. The topological polar surface area (TPSA) is 75.9 Å². The first kappa shape index (κ1) is 14.3. The average molecular weight is 271 g/mol. The number of hydrogen-bond acceptors (Lipinski definition) is 5. The number of para-hydroxylation sites is 1. The Morgan fingerprint density at radius 2 is 1.60 bits per heavy atom. The van der Waals surface area contributed by atoms with Gasteiger partial charge in [0.25, 0.3) is 0 Å². The fraction of sp³-hybridized carbons (Fsp3) is 0.333. The van der Waals surface area contributed by atoms with Crippen LogP contribution >= 0.6 is 0 Å². The number of nitrogens with two attached hydrogens (primary N) is 1. The number of hydrazine groups is 1. The first-order chi connectivity index (χ1) is 9.41. The summed E-state index contributed by atoms with van der Waals surface area (Å²) in [4.78, 5) is 9.11. The second-order valence-electron chi connectivity index (χ2n) is 5.75. The van der Waals surface area contributed by atoms with Crippen LogP contribution in [0.3, 0.4) is 0 Å². The van der Waals surface area contributed by atoms with Crippen LogP contribution in [0.5, 0.6) is 0 Å². The molecule has 0 saturated heterocycles. The van der Waals surface area contributed by atoms with E-state index in [0.717, 1.165) is 22.9 Å². The van der Waals surface area contributed by atoms with Crippen molar-refractivity contribution in [3.8, 4) is 0 Å². The van der Waals surface area contributed by atoms with Crippen molar-refractivity contribution >= 4 is 17.3 Å². The Balaban J connectivity index is 2.46. The summed E-state index contributed by atoms with van der Waals surface area (Å²) < 4.78 is 0. The molecular formula is C15H21N5. The van der Waals surface area contributed by atoms with Gasteiger partial charge >= 0.3 is 0 Å². The second kappa shape index (κ2) is 5.46. The first-order valence-electron chi connectivity index (χ1n) is 6.59. The van der Waals surface area contributed by atoms with Gasteiger partial charge in [0, 0.05) is 16.7 Å². The van der Waals surface area contributed by atoms with Gasteiger partial charge in [-0.05, 0) is 19.1 Å². The Morgan fingerprint density at radius 1 is 1.00 bits per heavy atom. The molecule has 0 aliphatic heterocycles. The van der Waals surface area contributed by atoms with Gasteiger partial charge in [-0.2, -0.15) is 0 Å². The van der Waals surface area contributed by atoms with Crippen LogP contribution in [0.4, 0.5) is 17.3 Å². The van der Waals surface area contributed by atoms with Crippen LogP contribution in [0, 0.1) is 6.92 Å². The summed E-state index contributed by atoms with van der Waals surface area (Å²) in [5, 5.41) is 3.31. The number of anilines is 3. The molecule has 1 aromatic heterocycles. The molecular weight excluding hydrogens is 250 g/mol. The molecule has 1 heterocycles. The van der Waals surface area contributed by atoms with Crippen LogP contribution in [0.15, 0.2) is 30.3 Å². The van der Waals surface area contributed by atoms with E-state index in [9.17, 15) is 0 Å². The molecule has 2 rings (SSSR count). The van der Waals surface area contributed by atoms with E-state index >= 15 is 0 Å². The maximum absolute atomic E-state index is 5.56. The van der Waals surface area contributed by atoms with Gasteiger partial charge in [0.05, 0.1) is 0 Å². The van der Waals surface area contributed by atoms with Crippen LogP contribution in [0.2, 0.25) is 0 Å². The number of nitrogens with zero attached hydrogens (tertiary/aromatic N) is 2. The summed E-state index contributed by atoms with van der Waals surface area (Å²) in [7, 11) is 0. The van der Waals surface area contributed by atoms with Gasteiger partial charge in [-0.15, -0.1) is 0 Å². The van der Waals surface area contributed by atoms with Crippen molar-refractivity contribution in [2.45, 2.75) is 33.1 Å². The lowest BCUT2D eigenvalue weighted by Gasteiger charge is -2.20. The minimum Gasteiger partial charge on any atom is -0.340 e. The van der Waals surface area contributed by atoms with Crippen LogP contribution in [0.1, 0.15) is 32.2 Å². The monoisotopic (exact) mass is 271 g/mol.